The van der Waals surface area contributed by atoms with Gasteiger partial charge in [0, 0.05) is 6.61 Å². The van der Waals surface area contributed by atoms with Crippen molar-refractivity contribution in [3.8, 4) is 0 Å². The molecule has 0 aromatic rings. The summed E-state index contributed by atoms with van der Waals surface area (Å²) in [4.78, 5) is 0. The number of rotatable bonds is 4. The van der Waals surface area contributed by atoms with Crippen molar-refractivity contribution in [2.75, 3.05) is 6.61 Å². The molecule has 0 aromatic carbocycles. The summed E-state index contributed by atoms with van der Waals surface area (Å²) in [6.45, 7) is 3.97. The zero-order chi connectivity index (χ0) is 7.28. The summed E-state index contributed by atoms with van der Waals surface area (Å²) in [6, 6.07) is 0. The van der Waals surface area contributed by atoms with Crippen molar-refractivity contribution in [1.82, 2.24) is 0 Å². The van der Waals surface area contributed by atoms with Gasteiger partial charge in [-0.15, -0.1) is 0 Å². The van der Waals surface area contributed by atoms with E-state index in [0.717, 1.165) is 12.8 Å². The van der Waals surface area contributed by atoms with Crippen LogP contribution in [0.15, 0.2) is 0 Å². The Morgan fingerprint density at radius 1 is 1.22 bits per heavy atom. The van der Waals surface area contributed by atoms with E-state index in [1.807, 2.05) is 6.92 Å². The second kappa shape index (κ2) is 4.77. The number of hydrogen-bond donors (Lipinski definition) is 2. The molecule has 0 saturated heterocycles. The van der Waals surface area contributed by atoms with E-state index in [2.05, 4.69) is 0 Å². The molecule has 2 N–H and O–H groups in total. The molecule has 2 nitrogen and oxygen atoms in total. The average Bonchev–Trinajstić information content (AvgIpc) is 1.83. The zero-order valence-corrected chi connectivity index (χ0v) is 6.17. The molecule has 0 aliphatic carbocycles. The number of aliphatic hydroxyl groups is 2. The molecule has 0 amide bonds. The first-order valence-corrected chi connectivity index (χ1v) is 3.45. The Morgan fingerprint density at radius 3 is 2.11 bits per heavy atom. The lowest BCUT2D eigenvalue weighted by Gasteiger charge is -2.07. The molecule has 0 radical (unpaired) electrons. The van der Waals surface area contributed by atoms with Gasteiger partial charge in [-0.1, -0.05) is 6.92 Å². The van der Waals surface area contributed by atoms with Crippen LogP contribution in [0.3, 0.4) is 0 Å². The molecule has 0 aliphatic heterocycles. The van der Waals surface area contributed by atoms with E-state index < -0.39 is 0 Å². The Hall–Kier alpha value is -0.0800. The third kappa shape index (κ3) is 5.80. The predicted octanol–water partition coefficient (Wildman–Crippen LogP) is 0.776. The van der Waals surface area contributed by atoms with Crippen molar-refractivity contribution < 1.29 is 10.2 Å². The van der Waals surface area contributed by atoms with Crippen LogP contribution in [0, 0.1) is 5.92 Å². The van der Waals surface area contributed by atoms with E-state index in [4.69, 9.17) is 10.2 Å². The van der Waals surface area contributed by atoms with Gasteiger partial charge in [-0.25, -0.2) is 0 Å². The highest BCUT2D eigenvalue weighted by molar-refractivity contribution is 4.53. The van der Waals surface area contributed by atoms with Crippen LogP contribution >= 0.6 is 0 Å². The van der Waals surface area contributed by atoms with Crippen LogP contribution in [0.25, 0.3) is 0 Å². The topological polar surface area (TPSA) is 40.5 Å². The van der Waals surface area contributed by atoms with Crippen LogP contribution < -0.4 is 0 Å². The second-order valence-electron chi connectivity index (χ2n) is 2.71. The fourth-order valence-electron chi connectivity index (χ4n) is 0.617. The Bertz CT molecular complexity index is 61.9. The molecule has 0 bridgehead atoms. The summed E-state index contributed by atoms with van der Waals surface area (Å²) in [6.07, 6.45) is 1.48. The van der Waals surface area contributed by atoms with Gasteiger partial charge in [0.05, 0.1) is 6.10 Å². The average molecular weight is 132 g/mol. The van der Waals surface area contributed by atoms with Gasteiger partial charge < -0.3 is 10.2 Å². The summed E-state index contributed by atoms with van der Waals surface area (Å²) in [7, 11) is 0. The SMILES string of the molecule is C[C@@H](CO)CC[C@H](C)O. The van der Waals surface area contributed by atoms with Crippen LogP contribution in [-0.2, 0) is 0 Å². The van der Waals surface area contributed by atoms with Crippen LogP contribution in [0.5, 0.6) is 0 Å². The lowest BCUT2D eigenvalue weighted by atomic mass is 10.0. The van der Waals surface area contributed by atoms with E-state index in [9.17, 15) is 0 Å². The van der Waals surface area contributed by atoms with Crippen molar-refractivity contribution in [2.24, 2.45) is 5.92 Å². The van der Waals surface area contributed by atoms with Gasteiger partial charge in [0.1, 0.15) is 0 Å². The van der Waals surface area contributed by atoms with Crippen LogP contribution in [0.1, 0.15) is 26.7 Å². The summed E-state index contributed by atoms with van der Waals surface area (Å²) in [5.41, 5.74) is 0. The molecule has 0 fully saturated rings. The fourth-order valence-corrected chi connectivity index (χ4v) is 0.617. The molecule has 2 atom stereocenters. The standard InChI is InChI=1S/C7H16O2/c1-6(5-8)3-4-7(2)9/h6-9H,3-5H2,1-2H3/t6-,7+/m1/s1. The van der Waals surface area contributed by atoms with E-state index in [-0.39, 0.29) is 12.7 Å². The highest BCUT2D eigenvalue weighted by Gasteiger charge is 2.01. The molecule has 0 aromatic heterocycles. The molecule has 0 saturated carbocycles. The minimum absolute atomic E-state index is 0.223. The maximum absolute atomic E-state index is 8.82. The summed E-state index contributed by atoms with van der Waals surface area (Å²) < 4.78 is 0. The lowest BCUT2D eigenvalue weighted by Crippen LogP contribution is -2.06. The molecule has 2 heteroatoms. The molecule has 0 rings (SSSR count). The molecule has 0 heterocycles. The molecule has 0 aliphatic rings. The Labute approximate surface area is 56.5 Å². The van der Waals surface area contributed by atoms with E-state index >= 15 is 0 Å². The maximum Gasteiger partial charge on any atom is 0.0512 e. The molecule has 0 spiro atoms. The maximum atomic E-state index is 8.82. The number of aliphatic hydroxyl groups excluding tert-OH is 2. The summed E-state index contributed by atoms with van der Waals surface area (Å²) in [5, 5.41) is 17.4. The van der Waals surface area contributed by atoms with Crippen molar-refractivity contribution in [2.45, 2.75) is 32.8 Å². The van der Waals surface area contributed by atoms with Crippen molar-refractivity contribution in [1.29, 1.82) is 0 Å². The summed E-state index contributed by atoms with van der Waals surface area (Å²) in [5.74, 6) is 0.333. The predicted molar refractivity (Wildman–Crippen MR) is 37.2 cm³/mol. The molecule has 56 valence electrons. The summed E-state index contributed by atoms with van der Waals surface area (Å²) >= 11 is 0. The van der Waals surface area contributed by atoms with Gasteiger partial charge in [-0.2, -0.15) is 0 Å². The smallest absolute Gasteiger partial charge is 0.0512 e. The Kier molecular flexibility index (Phi) is 4.72. The van der Waals surface area contributed by atoms with E-state index in [1.165, 1.54) is 0 Å². The monoisotopic (exact) mass is 132 g/mol. The third-order valence-electron chi connectivity index (χ3n) is 1.39. The Morgan fingerprint density at radius 2 is 1.78 bits per heavy atom. The fraction of sp³-hybridized carbons (Fsp3) is 1.00. The normalized spacial score (nSPS) is 17.3. The highest BCUT2D eigenvalue weighted by atomic mass is 16.3. The Balaban J connectivity index is 3.06. The third-order valence-corrected chi connectivity index (χ3v) is 1.39. The van der Waals surface area contributed by atoms with Gasteiger partial charge in [0.2, 0.25) is 0 Å². The minimum Gasteiger partial charge on any atom is -0.396 e. The van der Waals surface area contributed by atoms with E-state index in [0.29, 0.717) is 5.92 Å². The van der Waals surface area contributed by atoms with Crippen molar-refractivity contribution >= 4 is 0 Å². The first kappa shape index (κ1) is 8.92. The van der Waals surface area contributed by atoms with Gasteiger partial charge >= 0.3 is 0 Å². The van der Waals surface area contributed by atoms with Crippen molar-refractivity contribution in [3.63, 3.8) is 0 Å². The van der Waals surface area contributed by atoms with Gasteiger partial charge in [-0.05, 0) is 25.7 Å². The second-order valence-corrected chi connectivity index (χ2v) is 2.71. The van der Waals surface area contributed by atoms with Crippen LogP contribution in [0.4, 0.5) is 0 Å². The zero-order valence-electron chi connectivity index (χ0n) is 6.17. The molecular weight excluding hydrogens is 116 g/mol. The number of hydrogen-bond acceptors (Lipinski definition) is 2. The quantitative estimate of drug-likeness (QED) is 0.593. The van der Waals surface area contributed by atoms with Crippen molar-refractivity contribution in [3.05, 3.63) is 0 Å². The lowest BCUT2D eigenvalue weighted by molar-refractivity contribution is 0.160. The molecule has 9 heavy (non-hydrogen) atoms. The first-order chi connectivity index (χ1) is 4.16. The molecular formula is C7H16O2. The van der Waals surface area contributed by atoms with Gasteiger partial charge in [-0.3, -0.25) is 0 Å². The van der Waals surface area contributed by atoms with Gasteiger partial charge in [0.15, 0.2) is 0 Å². The first-order valence-electron chi connectivity index (χ1n) is 3.45. The van der Waals surface area contributed by atoms with Gasteiger partial charge in [0.25, 0.3) is 0 Å². The van der Waals surface area contributed by atoms with Crippen LogP contribution in [0.2, 0.25) is 0 Å². The largest absolute Gasteiger partial charge is 0.396 e. The highest BCUT2D eigenvalue weighted by Crippen LogP contribution is 2.05. The minimum atomic E-state index is -0.223. The van der Waals surface area contributed by atoms with E-state index in [1.54, 1.807) is 6.92 Å². The molecule has 0 unspecified atom stereocenters. The van der Waals surface area contributed by atoms with Crippen LogP contribution in [-0.4, -0.2) is 22.9 Å².